The Balaban J connectivity index is 1.45. The maximum atomic E-state index is 12.8. The van der Waals surface area contributed by atoms with Crippen molar-refractivity contribution in [2.45, 2.75) is 9.99 Å². The summed E-state index contributed by atoms with van der Waals surface area (Å²) in [6.07, 6.45) is 0. The standard InChI is InChI=1S/C21H18Cl2N2O4S/c22-15-4-6-18(7-5-15)30(27,28)20-9-8-19(29-20)21(26)25-12-10-24(11-13-25)17-3-1-2-16(23)14-17/h1-9,14H,10-13H2. The van der Waals surface area contributed by atoms with Crippen LogP contribution in [0.3, 0.4) is 0 Å². The first-order valence-electron chi connectivity index (χ1n) is 9.25. The van der Waals surface area contributed by atoms with Crippen LogP contribution in [0.4, 0.5) is 5.69 Å². The van der Waals surface area contributed by atoms with Gasteiger partial charge in [-0.15, -0.1) is 0 Å². The molecule has 1 aromatic heterocycles. The van der Waals surface area contributed by atoms with Gasteiger partial charge >= 0.3 is 0 Å². The number of rotatable bonds is 4. The molecule has 1 aliphatic rings. The molecule has 0 spiro atoms. The summed E-state index contributed by atoms with van der Waals surface area (Å²) in [5, 5.41) is 0.822. The summed E-state index contributed by atoms with van der Waals surface area (Å²) < 4.78 is 30.8. The second kappa shape index (κ2) is 8.34. The van der Waals surface area contributed by atoms with E-state index >= 15 is 0 Å². The highest BCUT2D eigenvalue weighted by Crippen LogP contribution is 2.26. The molecule has 156 valence electrons. The number of piperazine rings is 1. The molecule has 0 unspecified atom stereocenters. The average molecular weight is 465 g/mol. The first kappa shape index (κ1) is 20.8. The van der Waals surface area contributed by atoms with Crippen molar-refractivity contribution in [1.29, 1.82) is 0 Å². The van der Waals surface area contributed by atoms with Crippen molar-refractivity contribution in [2.24, 2.45) is 0 Å². The maximum Gasteiger partial charge on any atom is 0.289 e. The van der Waals surface area contributed by atoms with E-state index < -0.39 is 9.84 Å². The molecule has 3 aromatic rings. The summed E-state index contributed by atoms with van der Waals surface area (Å²) in [6, 6.07) is 16.1. The second-order valence-electron chi connectivity index (χ2n) is 6.84. The summed E-state index contributed by atoms with van der Waals surface area (Å²) in [6.45, 7) is 2.27. The quantitative estimate of drug-likeness (QED) is 0.572. The van der Waals surface area contributed by atoms with E-state index in [1.807, 2.05) is 24.3 Å². The molecule has 1 aliphatic heterocycles. The minimum atomic E-state index is -3.86. The number of sulfone groups is 1. The minimum absolute atomic E-state index is 0.00116. The zero-order valence-electron chi connectivity index (χ0n) is 15.8. The summed E-state index contributed by atoms with van der Waals surface area (Å²) in [5.74, 6) is -0.336. The van der Waals surface area contributed by atoms with Crippen LogP contribution >= 0.6 is 23.2 Å². The van der Waals surface area contributed by atoms with Gasteiger partial charge in [-0.05, 0) is 54.6 Å². The molecular weight excluding hydrogens is 447 g/mol. The molecule has 6 nitrogen and oxygen atoms in total. The Labute approximate surface area is 184 Å². The molecule has 0 atom stereocenters. The number of anilines is 1. The number of hydrogen-bond acceptors (Lipinski definition) is 5. The van der Waals surface area contributed by atoms with Crippen LogP contribution in [-0.4, -0.2) is 45.4 Å². The normalized spacial score (nSPS) is 14.7. The zero-order chi connectivity index (χ0) is 21.3. The number of hydrogen-bond donors (Lipinski definition) is 0. The molecule has 1 saturated heterocycles. The molecule has 0 saturated carbocycles. The highest BCUT2D eigenvalue weighted by Gasteiger charge is 2.27. The number of carbonyl (C=O) groups is 1. The van der Waals surface area contributed by atoms with Crippen molar-refractivity contribution in [2.75, 3.05) is 31.1 Å². The van der Waals surface area contributed by atoms with E-state index in [1.54, 1.807) is 4.90 Å². The largest absolute Gasteiger partial charge is 0.439 e. The van der Waals surface area contributed by atoms with Crippen LogP contribution in [0.15, 0.2) is 75.1 Å². The topological polar surface area (TPSA) is 70.8 Å². The molecule has 1 fully saturated rings. The Morgan fingerprint density at radius 3 is 2.23 bits per heavy atom. The van der Waals surface area contributed by atoms with Crippen molar-refractivity contribution < 1.29 is 17.6 Å². The molecule has 1 amide bonds. The van der Waals surface area contributed by atoms with Gasteiger partial charge in [-0.2, -0.15) is 0 Å². The number of benzene rings is 2. The maximum absolute atomic E-state index is 12.8. The Morgan fingerprint density at radius 2 is 1.57 bits per heavy atom. The molecular formula is C21H18Cl2N2O4S. The SMILES string of the molecule is O=C(c1ccc(S(=O)(=O)c2ccc(Cl)cc2)o1)N1CCN(c2cccc(Cl)c2)CC1. The van der Waals surface area contributed by atoms with Crippen LogP contribution in [0.5, 0.6) is 0 Å². The molecule has 9 heteroatoms. The number of halogens is 2. The summed E-state index contributed by atoms with van der Waals surface area (Å²) in [7, 11) is -3.86. The molecule has 0 bridgehead atoms. The van der Waals surface area contributed by atoms with Crippen LogP contribution in [-0.2, 0) is 9.84 Å². The molecule has 0 N–H and O–H groups in total. The van der Waals surface area contributed by atoms with Gasteiger partial charge in [-0.25, -0.2) is 8.42 Å². The van der Waals surface area contributed by atoms with Gasteiger partial charge in [0.15, 0.2) is 5.76 Å². The number of carbonyl (C=O) groups excluding carboxylic acids is 1. The molecule has 0 aliphatic carbocycles. The molecule has 4 rings (SSSR count). The third-order valence-electron chi connectivity index (χ3n) is 4.92. The number of nitrogens with zero attached hydrogens (tertiary/aromatic N) is 2. The lowest BCUT2D eigenvalue weighted by molar-refractivity contribution is 0.0709. The van der Waals surface area contributed by atoms with Crippen molar-refractivity contribution in [3.8, 4) is 0 Å². The zero-order valence-corrected chi connectivity index (χ0v) is 18.1. The first-order chi connectivity index (χ1) is 14.3. The predicted octanol–water partition coefficient (Wildman–Crippen LogP) is 4.38. The van der Waals surface area contributed by atoms with Crippen LogP contribution in [0.2, 0.25) is 10.0 Å². The van der Waals surface area contributed by atoms with E-state index in [4.69, 9.17) is 27.6 Å². The van der Waals surface area contributed by atoms with Gasteiger partial charge in [0.05, 0.1) is 4.90 Å². The fraction of sp³-hybridized carbons (Fsp3) is 0.190. The molecule has 30 heavy (non-hydrogen) atoms. The Bertz CT molecular complexity index is 1170. The predicted molar refractivity (Wildman–Crippen MR) is 115 cm³/mol. The van der Waals surface area contributed by atoms with Gasteiger partial charge in [0, 0.05) is 41.9 Å². The van der Waals surface area contributed by atoms with Gasteiger partial charge in [0.1, 0.15) is 0 Å². The van der Waals surface area contributed by atoms with Gasteiger partial charge in [0.2, 0.25) is 14.9 Å². The lowest BCUT2D eigenvalue weighted by Gasteiger charge is -2.35. The lowest BCUT2D eigenvalue weighted by Crippen LogP contribution is -2.48. The highest BCUT2D eigenvalue weighted by molar-refractivity contribution is 7.91. The lowest BCUT2D eigenvalue weighted by atomic mass is 10.2. The Morgan fingerprint density at radius 1 is 0.867 bits per heavy atom. The number of amides is 1. The van der Waals surface area contributed by atoms with Crippen molar-refractivity contribution in [3.05, 3.63) is 76.5 Å². The van der Waals surface area contributed by atoms with Gasteiger partial charge in [0.25, 0.3) is 5.91 Å². The molecule has 0 radical (unpaired) electrons. The summed E-state index contributed by atoms with van der Waals surface area (Å²) >= 11 is 11.9. The first-order valence-corrected chi connectivity index (χ1v) is 11.5. The highest BCUT2D eigenvalue weighted by atomic mass is 35.5. The fourth-order valence-electron chi connectivity index (χ4n) is 3.31. The van der Waals surface area contributed by atoms with Gasteiger partial charge in [-0.1, -0.05) is 29.3 Å². The van der Waals surface area contributed by atoms with E-state index in [-0.39, 0.29) is 21.7 Å². The minimum Gasteiger partial charge on any atom is -0.439 e. The molecule has 2 aromatic carbocycles. The van der Waals surface area contributed by atoms with E-state index in [0.717, 1.165) is 5.69 Å². The van der Waals surface area contributed by atoms with E-state index in [1.165, 1.54) is 36.4 Å². The van der Waals surface area contributed by atoms with E-state index in [2.05, 4.69) is 4.90 Å². The fourth-order valence-corrected chi connectivity index (χ4v) is 4.79. The Hall–Kier alpha value is -2.48. The summed E-state index contributed by atoms with van der Waals surface area (Å²) in [4.78, 5) is 16.6. The second-order valence-corrected chi connectivity index (χ2v) is 9.59. The van der Waals surface area contributed by atoms with Crippen LogP contribution < -0.4 is 4.90 Å². The smallest absolute Gasteiger partial charge is 0.289 e. The monoisotopic (exact) mass is 464 g/mol. The van der Waals surface area contributed by atoms with E-state index in [9.17, 15) is 13.2 Å². The number of furan rings is 1. The van der Waals surface area contributed by atoms with Crippen molar-refractivity contribution in [1.82, 2.24) is 4.90 Å². The van der Waals surface area contributed by atoms with Crippen molar-refractivity contribution >= 4 is 44.6 Å². The third kappa shape index (κ3) is 4.19. The Kier molecular flexibility index (Phi) is 5.77. The average Bonchev–Trinajstić information content (AvgIpc) is 3.25. The molecule has 2 heterocycles. The van der Waals surface area contributed by atoms with Crippen molar-refractivity contribution in [3.63, 3.8) is 0 Å². The summed E-state index contributed by atoms with van der Waals surface area (Å²) in [5.41, 5.74) is 1.00. The third-order valence-corrected chi connectivity index (χ3v) is 7.05. The van der Waals surface area contributed by atoms with Crippen LogP contribution in [0.25, 0.3) is 0 Å². The van der Waals surface area contributed by atoms with Crippen LogP contribution in [0.1, 0.15) is 10.6 Å². The van der Waals surface area contributed by atoms with Crippen LogP contribution in [0, 0.1) is 0 Å². The van der Waals surface area contributed by atoms with Gasteiger partial charge in [-0.3, -0.25) is 4.79 Å². The van der Waals surface area contributed by atoms with E-state index in [0.29, 0.717) is 36.2 Å². The van der Waals surface area contributed by atoms with Gasteiger partial charge < -0.3 is 14.2 Å².